The topological polar surface area (TPSA) is 71.2 Å². The Hall–Kier alpha value is -0.360. The standard InChI is InChI=1S/C10H19N3OS.ClH/c1-3-4-10(2,7-14)13-6-8-5-12-9(11)15-8;/h5,13-14H,3-4,6-7H2,1-2H3,(H2,11,12);1H. The summed E-state index contributed by atoms with van der Waals surface area (Å²) in [5, 5.41) is 13.2. The van der Waals surface area contributed by atoms with Gasteiger partial charge in [-0.05, 0) is 13.3 Å². The van der Waals surface area contributed by atoms with E-state index in [2.05, 4.69) is 17.2 Å². The van der Waals surface area contributed by atoms with E-state index in [0.29, 0.717) is 11.7 Å². The summed E-state index contributed by atoms with van der Waals surface area (Å²) in [5.41, 5.74) is 5.34. The summed E-state index contributed by atoms with van der Waals surface area (Å²) in [5.74, 6) is 0. The Labute approximate surface area is 107 Å². The van der Waals surface area contributed by atoms with Gasteiger partial charge in [0.2, 0.25) is 0 Å². The van der Waals surface area contributed by atoms with Crippen LogP contribution in [0, 0.1) is 0 Å². The van der Waals surface area contributed by atoms with Gasteiger partial charge >= 0.3 is 0 Å². The van der Waals surface area contributed by atoms with Gasteiger partial charge < -0.3 is 16.2 Å². The van der Waals surface area contributed by atoms with Crippen molar-refractivity contribution in [1.82, 2.24) is 10.3 Å². The normalized spacial score (nSPS) is 14.2. The fourth-order valence-electron chi connectivity index (χ4n) is 1.48. The van der Waals surface area contributed by atoms with E-state index < -0.39 is 0 Å². The summed E-state index contributed by atoms with van der Waals surface area (Å²) >= 11 is 1.48. The van der Waals surface area contributed by atoms with Gasteiger partial charge in [0.15, 0.2) is 5.13 Å². The smallest absolute Gasteiger partial charge is 0.180 e. The fraction of sp³-hybridized carbons (Fsp3) is 0.700. The Bertz CT molecular complexity index is 308. The molecule has 0 bridgehead atoms. The highest BCUT2D eigenvalue weighted by Gasteiger charge is 2.21. The number of anilines is 1. The Morgan fingerprint density at radius 2 is 2.31 bits per heavy atom. The molecule has 1 rings (SSSR count). The zero-order valence-electron chi connectivity index (χ0n) is 9.69. The lowest BCUT2D eigenvalue weighted by molar-refractivity contribution is 0.163. The molecule has 1 atom stereocenters. The van der Waals surface area contributed by atoms with Crippen LogP contribution in [-0.4, -0.2) is 22.2 Å². The second-order valence-corrected chi connectivity index (χ2v) is 5.13. The molecular formula is C10H20ClN3OS. The molecule has 0 saturated carbocycles. The first-order valence-electron chi connectivity index (χ1n) is 5.15. The van der Waals surface area contributed by atoms with E-state index in [1.807, 2.05) is 6.92 Å². The fourth-order valence-corrected chi connectivity index (χ4v) is 2.10. The Morgan fingerprint density at radius 1 is 1.62 bits per heavy atom. The van der Waals surface area contributed by atoms with Crippen molar-refractivity contribution in [3.05, 3.63) is 11.1 Å². The molecule has 4 N–H and O–H groups in total. The lowest BCUT2D eigenvalue weighted by Crippen LogP contribution is -2.44. The molecule has 6 heteroatoms. The maximum Gasteiger partial charge on any atom is 0.180 e. The van der Waals surface area contributed by atoms with Crippen molar-refractivity contribution < 1.29 is 5.11 Å². The van der Waals surface area contributed by atoms with Crippen LogP contribution in [0.25, 0.3) is 0 Å². The first-order chi connectivity index (χ1) is 7.09. The Balaban J connectivity index is 0.00000225. The van der Waals surface area contributed by atoms with E-state index in [1.165, 1.54) is 11.3 Å². The molecule has 1 aromatic heterocycles. The summed E-state index contributed by atoms with van der Waals surface area (Å²) in [6.07, 6.45) is 3.78. The highest BCUT2D eigenvalue weighted by molar-refractivity contribution is 7.15. The van der Waals surface area contributed by atoms with Crippen LogP contribution in [0.15, 0.2) is 6.20 Å². The summed E-state index contributed by atoms with van der Waals surface area (Å²) in [6, 6.07) is 0. The van der Waals surface area contributed by atoms with Crippen molar-refractivity contribution in [2.45, 2.75) is 38.8 Å². The van der Waals surface area contributed by atoms with Gasteiger partial charge in [-0.2, -0.15) is 0 Å². The molecule has 0 spiro atoms. The van der Waals surface area contributed by atoms with Gasteiger partial charge in [-0.3, -0.25) is 0 Å². The summed E-state index contributed by atoms with van der Waals surface area (Å²) in [4.78, 5) is 5.08. The maximum absolute atomic E-state index is 9.30. The third-order valence-electron chi connectivity index (χ3n) is 2.41. The predicted octanol–water partition coefficient (Wildman–Crippen LogP) is 1.79. The Morgan fingerprint density at radius 3 is 2.75 bits per heavy atom. The number of rotatable bonds is 6. The lowest BCUT2D eigenvalue weighted by atomic mass is 9.97. The average Bonchev–Trinajstić information content (AvgIpc) is 2.62. The van der Waals surface area contributed by atoms with E-state index in [0.717, 1.165) is 17.7 Å². The summed E-state index contributed by atoms with van der Waals surface area (Å²) in [7, 11) is 0. The van der Waals surface area contributed by atoms with Gasteiger partial charge in [0.1, 0.15) is 0 Å². The zero-order valence-corrected chi connectivity index (χ0v) is 11.3. The molecule has 0 aliphatic heterocycles. The number of aromatic nitrogens is 1. The molecule has 0 amide bonds. The van der Waals surface area contributed by atoms with Crippen molar-refractivity contribution in [3.63, 3.8) is 0 Å². The van der Waals surface area contributed by atoms with Crippen molar-refractivity contribution in [2.75, 3.05) is 12.3 Å². The van der Waals surface area contributed by atoms with Gasteiger partial charge in [-0.1, -0.05) is 13.3 Å². The number of nitrogens with zero attached hydrogens (tertiary/aromatic N) is 1. The molecular weight excluding hydrogens is 246 g/mol. The Kier molecular flexibility index (Phi) is 6.90. The molecule has 0 saturated heterocycles. The molecule has 0 fully saturated rings. The molecule has 4 nitrogen and oxygen atoms in total. The van der Waals surface area contributed by atoms with E-state index in [9.17, 15) is 5.11 Å². The number of aliphatic hydroxyl groups is 1. The molecule has 16 heavy (non-hydrogen) atoms. The van der Waals surface area contributed by atoms with Gasteiger partial charge in [0, 0.05) is 23.2 Å². The lowest BCUT2D eigenvalue weighted by Gasteiger charge is -2.28. The van der Waals surface area contributed by atoms with Crippen molar-refractivity contribution in [1.29, 1.82) is 0 Å². The van der Waals surface area contributed by atoms with Gasteiger partial charge in [-0.25, -0.2) is 4.98 Å². The van der Waals surface area contributed by atoms with Crippen LogP contribution in [-0.2, 0) is 6.54 Å². The van der Waals surface area contributed by atoms with Crippen molar-refractivity contribution in [3.8, 4) is 0 Å². The third-order valence-corrected chi connectivity index (χ3v) is 3.24. The minimum atomic E-state index is -0.201. The quantitative estimate of drug-likeness (QED) is 0.733. The third kappa shape index (κ3) is 4.65. The predicted molar refractivity (Wildman–Crippen MR) is 71.0 cm³/mol. The van der Waals surface area contributed by atoms with Crippen LogP contribution in [0.2, 0.25) is 0 Å². The maximum atomic E-state index is 9.30. The van der Waals surface area contributed by atoms with E-state index >= 15 is 0 Å². The molecule has 0 aliphatic carbocycles. The van der Waals surface area contributed by atoms with Crippen LogP contribution < -0.4 is 11.1 Å². The second kappa shape index (κ2) is 7.06. The minimum absolute atomic E-state index is 0. The molecule has 94 valence electrons. The average molecular weight is 266 g/mol. The number of thiazole rings is 1. The van der Waals surface area contributed by atoms with Crippen molar-refractivity contribution in [2.24, 2.45) is 0 Å². The molecule has 1 unspecified atom stereocenters. The second-order valence-electron chi connectivity index (χ2n) is 3.99. The number of hydrogen-bond acceptors (Lipinski definition) is 5. The monoisotopic (exact) mass is 265 g/mol. The number of nitrogens with two attached hydrogens (primary N) is 1. The SMILES string of the molecule is CCCC(C)(CO)NCc1cnc(N)s1.Cl. The first kappa shape index (κ1) is 15.6. The largest absolute Gasteiger partial charge is 0.394 e. The number of nitrogen functional groups attached to an aromatic ring is 1. The van der Waals surface area contributed by atoms with Gasteiger partial charge in [0.05, 0.1) is 6.61 Å². The van der Waals surface area contributed by atoms with Gasteiger partial charge in [-0.15, -0.1) is 23.7 Å². The van der Waals surface area contributed by atoms with Crippen molar-refractivity contribution >= 4 is 28.9 Å². The van der Waals surface area contributed by atoms with Gasteiger partial charge in [0.25, 0.3) is 0 Å². The van der Waals surface area contributed by atoms with Crippen LogP contribution in [0.4, 0.5) is 5.13 Å². The minimum Gasteiger partial charge on any atom is -0.394 e. The van der Waals surface area contributed by atoms with E-state index in [1.54, 1.807) is 6.20 Å². The highest BCUT2D eigenvalue weighted by Crippen LogP contribution is 2.17. The van der Waals surface area contributed by atoms with Crippen LogP contribution >= 0.6 is 23.7 Å². The molecule has 1 heterocycles. The number of nitrogens with one attached hydrogen (secondary N) is 1. The zero-order chi connectivity index (χ0) is 11.3. The first-order valence-corrected chi connectivity index (χ1v) is 5.97. The van der Waals surface area contributed by atoms with E-state index in [4.69, 9.17) is 5.73 Å². The number of aliphatic hydroxyl groups excluding tert-OH is 1. The van der Waals surface area contributed by atoms with Crippen LogP contribution in [0.3, 0.4) is 0 Å². The summed E-state index contributed by atoms with van der Waals surface area (Å²) in [6.45, 7) is 5.00. The number of halogens is 1. The molecule has 0 aliphatic rings. The number of hydrogen-bond donors (Lipinski definition) is 3. The molecule has 0 aromatic carbocycles. The highest BCUT2D eigenvalue weighted by atomic mass is 35.5. The van der Waals surface area contributed by atoms with E-state index in [-0.39, 0.29) is 24.6 Å². The summed E-state index contributed by atoms with van der Waals surface area (Å²) < 4.78 is 0. The molecule has 1 aromatic rings. The van der Waals surface area contributed by atoms with Crippen LogP contribution in [0.5, 0.6) is 0 Å². The van der Waals surface area contributed by atoms with Crippen LogP contribution in [0.1, 0.15) is 31.6 Å². The molecule has 0 radical (unpaired) electrons.